The molecule has 1 amide bonds. The summed E-state index contributed by atoms with van der Waals surface area (Å²) in [6.45, 7) is 2.74. The monoisotopic (exact) mass is 391 g/mol. The maximum atomic E-state index is 12.8. The van der Waals surface area contributed by atoms with Gasteiger partial charge in [0.25, 0.3) is 5.91 Å². The van der Waals surface area contributed by atoms with Crippen LogP contribution < -0.4 is 10.6 Å². The Hall–Kier alpha value is -2.87. The Bertz CT molecular complexity index is 953. The Labute approximate surface area is 158 Å². The zero-order valence-corrected chi connectivity index (χ0v) is 15.1. The predicted octanol–water partition coefficient (Wildman–Crippen LogP) is 5.51. The smallest absolute Gasteiger partial charge is 0.362 e. The van der Waals surface area contributed by atoms with Gasteiger partial charge in [-0.3, -0.25) is 4.79 Å². The highest BCUT2D eigenvalue weighted by molar-refractivity contribution is 7.14. The van der Waals surface area contributed by atoms with E-state index in [0.717, 1.165) is 35.1 Å². The fraction of sp³-hybridized carbons (Fsp3) is 0.158. The van der Waals surface area contributed by atoms with Crippen molar-refractivity contribution in [1.29, 1.82) is 0 Å². The van der Waals surface area contributed by atoms with E-state index in [2.05, 4.69) is 15.6 Å². The number of carbonyl (C=O) groups excluding carboxylic acids is 1. The second-order valence-electron chi connectivity index (χ2n) is 5.68. The third-order valence-corrected chi connectivity index (χ3v) is 4.50. The maximum Gasteiger partial charge on any atom is 0.416 e. The molecule has 1 aromatic heterocycles. The molecule has 0 aliphatic carbocycles. The summed E-state index contributed by atoms with van der Waals surface area (Å²) in [7, 11) is 0. The van der Waals surface area contributed by atoms with Crippen molar-refractivity contribution in [3.8, 4) is 11.3 Å². The summed E-state index contributed by atoms with van der Waals surface area (Å²) in [5.41, 5.74) is 1.12. The van der Waals surface area contributed by atoms with Crippen LogP contribution in [0.1, 0.15) is 22.8 Å². The van der Waals surface area contributed by atoms with Crippen molar-refractivity contribution in [2.24, 2.45) is 0 Å². The molecular formula is C19H16F3N3OS. The van der Waals surface area contributed by atoms with Crippen LogP contribution in [-0.2, 0) is 6.18 Å². The molecule has 3 rings (SSSR count). The first kappa shape index (κ1) is 18.9. The van der Waals surface area contributed by atoms with Crippen LogP contribution in [0.25, 0.3) is 11.3 Å². The summed E-state index contributed by atoms with van der Waals surface area (Å²) in [4.78, 5) is 16.8. The van der Waals surface area contributed by atoms with Crippen molar-refractivity contribution < 1.29 is 18.0 Å². The second kappa shape index (κ2) is 7.79. The molecule has 4 nitrogen and oxygen atoms in total. The van der Waals surface area contributed by atoms with Crippen LogP contribution in [0, 0.1) is 0 Å². The van der Waals surface area contributed by atoms with Gasteiger partial charge in [-0.2, -0.15) is 13.2 Å². The van der Waals surface area contributed by atoms with Gasteiger partial charge in [0.1, 0.15) is 0 Å². The minimum atomic E-state index is -4.49. The van der Waals surface area contributed by atoms with Gasteiger partial charge in [0.2, 0.25) is 0 Å². The molecule has 0 aliphatic heterocycles. The molecular weight excluding hydrogens is 375 g/mol. The van der Waals surface area contributed by atoms with E-state index in [1.165, 1.54) is 23.5 Å². The SMILES string of the molecule is CCNc1nc(-c2cccc(NC(=O)c3cccc(C(F)(F)F)c3)c2)cs1. The number of amides is 1. The summed E-state index contributed by atoms with van der Waals surface area (Å²) in [5, 5.41) is 8.45. The van der Waals surface area contributed by atoms with Gasteiger partial charge in [0.15, 0.2) is 5.13 Å². The van der Waals surface area contributed by atoms with E-state index in [1.54, 1.807) is 18.2 Å². The lowest BCUT2D eigenvalue weighted by Crippen LogP contribution is -2.14. The van der Waals surface area contributed by atoms with Crippen molar-refractivity contribution in [3.05, 3.63) is 65.0 Å². The van der Waals surface area contributed by atoms with Crippen LogP contribution in [0.2, 0.25) is 0 Å². The summed E-state index contributed by atoms with van der Waals surface area (Å²) in [5.74, 6) is -0.607. The number of hydrogen-bond acceptors (Lipinski definition) is 4. The van der Waals surface area contributed by atoms with Gasteiger partial charge in [0, 0.05) is 28.7 Å². The number of alkyl halides is 3. The lowest BCUT2D eigenvalue weighted by molar-refractivity contribution is -0.137. The molecule has 0 atom stereocenters. The standard InChI is InChI=1S/C19H16F3N3OS/c1-2-23-18-25-16(11-27-18)12-5-4-8-15(10-12)24-17(26)13-6-3-7-14(9-13)19(20,21)22/h3-11H,2H2,1H3,(H,23,25)(H,24,26). The molecule has 8 heteroatoms. The molecule has 140 valence electrons. The van der Waals surface area contributed by atoms with Crippen LogP contribution in [0.4, 0.5) is 24.0 Å². The maximum absolute atomic E-state index is 12.8. The van der Waals surface area contributed by atoms with E-state index in [4.69, 9.17) is 0 Å². The third kappa shape index (κ3) is 4.65. The van der Waals surface area contributed by atoms with E-state index in [9.17, 15) is 18.0 Å². The topological polar surface area (TPSA) is 54.0 Å². The highest BCUT2D eigenvalue weighted by atomic mass is 32.1. The number of aromatic nitrogens is 1. The molecule has 0 radical (unpaired) electrons. The quantitative estimate of drug-likeness (QED) is 0.603. The Morgan fingerprint density at radius 2 is 1.93 bits per heavy atom. The van der Waals surface area contributed by atoms with Gasteiger partial charge < -0.3 is 10.6 Å². The third-order valence-electron chi connectivity index (χ3n) is 3.70. The first-order valence-electron chi connectivity index (χ1n) is 8.15. The number of nitrogens with one attached hydrogen (secondary N) is 2. The summed E-state index contributed by atoms with van der Waals surface area (Å²) in [6.07, 6.45) is -4.49. The minimum Gasteiger partial charge on any atom is -0.362 e. The molecule has 2 N–H and O–H groups in total. The van der Waals surface area contributed by atoms with Crippen molar-refractivity contribution >= 4 is 28.1 Å². The second-order valence-corrected chi connectivity index (χ2v) is 6.54. The molecule has 0 bridgehead atoms. The number of rotatable bonds is 5. The molecule has 1 heterocycles. The first-order chi connectivity index (χ1) is 12.9. The van der Waals surface area contributed by atoms with Crippen molar-refractivity contribution in [2.45, 2.75) is 13.1 Å². The number of benzene rings is 2. The van der Waals surface area contributed by atoms with Gasteiger partial charge in [-0.15, -0.1) is 11.3 Å². The molecule has 2 aromatic carbocycles. The highest BCUT2D eigenvalue weighted by Crippen LogP contribution is 2.30. The van der Waals surface area contributed by atoms with Gasteiger partial charge in [-0.25, -0.2) is 4.98 Å². The van der Waals surface area contributed by atoms with E-state index >= 15 is 0 Å². The van der Waals surface area contributed by atoms with E-state index in [0.29, 0.717) is 5.69 Å². The van der Waals surface area contributed by atoms with Crippen molar-refractivity contribution in [2.75, 3.05) is 17.2 Å². The van der Waals surface area contributed by atoms with E-state index in [-0.39, 0.29) is 5.56 Å². The van der Waals surface area contributed by atoms with Gasteiger partial charge in [-0.1, -0.05) is 18.2 Å². The number of halogens is 3. The zero-order chi connectivity index (χ0) is 19.4. The van der Waals surface area contributed by atoms with Gasteiger partial charge in [-0.05, 0) is 37.3 Å². The van der Waals surface area contributed by atoms with Gasteiger partial charge >= 0.3 is 6.18 Å². The number of thiazole rings is 1. The Morgan fingerprint density at radius 1 is 1.15 bits per heavy atom. The van der Waals surface area contributed by atoms with Crippen molar-refractivity contribution in [3.63, 3.8) is 0 Å². The van der Waals surface area contributed by atoms with E-state index in [1.807, 2.05) is 18.4 Å². The summed E-state index contributed by atoms with van der Waals surface area (Å²) < 4.78 is 38.4. The highest BCUT2D eigenvalue weighted by Gasteiger charge is 2.30. The first-order valence-corrected chi connectivity index (χ1v) is 9.03. The number of nitrogens with zero attached hydrogens (tertiary/aromatic N) is 1. The predicted molar refractivity (Wildman–Crippen MR) is 101 cm³/mol. The summed E-state index contributed by atoms with van der Waals surface area (Å²) in [6, 6.07) is 11.3. The lowest BCUT2D eigenvalue weighted by Gasteiger charge is -2.10. The van der Waals surface area contributed by atoms with Crippen molar-refractivity contribution in [1.82, 2.24) is 4.98 Å². The lowest BCUT2D eigenvalue weighted by atomic mass is 10.1. The fourth-order valence-corrected chi connectivity index (χ4v) is 3.23. The molecule has 0 unspecified atom stereocenters. The average molecular weight is 391 g/mol. The Morgan fingerprint density at radius 3 is 2.67 bits per heavy atom. The molecule has 0 saturated heterocycles. The normalized spacial score (nSPS) is 11.3. The van der Waals surface area contributed by atoms with Crippen LogP contribution >= 0.6 is 11.3 Å². The fourth-order valence-electron chi connectivity index (χ4n) is 2.44. The number of carbonyl (C=O) groups is 1. The molecule has 0 aliphatic rings. The van der Waals surface area contributed by atoms with Crippen LogP contribution in [0.15, 0.2) is 53.9 Å². The average Bonchev–Trinajstić information content (AvgIpc) is 3.10. The molecule has 0 fully saturated rings. The Balaban J connectivity index is 1.79. The minimum absolute atomic E-state index is 0.0571. The number of hydrogen-bond donors (Lipinski definition) is 2. The molecule has 0 spiro atoms. The molecule has 3 aromatic rings. The molecule has 27 heavy (non-hydrogen) atoms. The largest absolute Gasteiger partial charge is 0.416 e. The number of anilines is 2. The van der Waals surface area contributed by atoms with Crippen LogP contribution in [0.3, 0.4) is 0 Å². The zero-order valence-electron chi connectivity index (χ0n) is 14.3. The molecule has 0 saturated carbocycles. The van der Waals surface area contributed by atoms with E-state index < -0.39 is 17.6 Å². The van der Waals surface area contributed by atoms with Gasteiger partial charge in [0.05, 0.1) is 11.3 Å². The van der Waals surface area contributed by atoms with Crippen LogP contribution in [0.5, 0.6) is 0 Å². The van der Waals surface area contributed by atoms with Crippen LogP contribution in [-0.4, -0.2) is 17.4 Å². The summed E-state index contributed by atoms with van der Waals surface area (Å²) >= 11 is 1.47. The Kier molecular flexibility index (Phi) is 5.46.